The third kappa shape index (κ3) is 3.51. The van der Waals surface area contributed by atoms with E-state index in [1.807, 2.05) is 0 Å². The summed E-state index contributed by atoms with van der Waals surface area (Å²) in [5.74, 6) is -3.95. The molecule has 0 bridgehead atoms. The van der Waals surface area contributed by atoms with Crippen molar-refractivity contribution in [3.05, 3.63) is 0 Å². The van der Waals surface area contributed by atoms with E-state index in [0.717, 1.165) is 0 Å². The van der Waals surface area contributed by atoms with E-state index < -0.39 is 23.7 Å². The van der Waals surface area contributed by atoms with E-state index in [0.29, 0.717) is 0 Å². The van der Waals surface area contributed by atoms with Crippen molar-refractivity contribution in [2.75, 3.05) is 0 Å². The normalized spacial score (nSPS) is 15.0. The van der Waals surface area contributed by atoms with Gasteiger partial charge in [-0.2, -0.15) is 31.6 Å². The fourth-order valence-corrected chi connectivity index (χ4v) is 1.54. The van der Waals surface area contributed by atoms with Gasteiger partial charge in [0.05, 0.1) is 72.9 Å². The Morgan fingerprint density at radius 1 is 0.556 bits per heavy atom. The molecule has 0 N–H and O–H groups in total. The number of hydrogen-bond donors (Lipinski definition) is 0. The molecule has 86 valence electrons. The Hall–Kier alpha value is -3.06. The topological polar surface area (TPSA) is 143 Å². The third-order valence-corrected chi connectivity index (χ3v) is 2.51. The van der Waals surface area contributed by atoms with Crippen LogP contribution in [0.3, 0.4) is 0 Å². The van der Waals surface area contributed by atoms with Gasteiger partial charge in [0, 0.05) is 0 Å². The van der Waals surface area contributed by atoms with Crippen LogP contribution in [0.5, 0.6) is 0 Å². The van der Waals surface area contributed by atoms with Crippen LogP contribution in [0.1, 0.15) is 12.8 Å². The van der Waals surface area contributed by atoms with Crippen molar-refractivity contribution in [1.29, 1.82) is 31.6 Å². The zero-order valence-corrected chi connectivity index (χ0v) is 9.41. The van der Waals surface area contributed by atoms with E-state index >= 15 is 0 Å². The Kier molecular flexibility index (Phi) is 6.75. The van der Waals surface area contributed by atoms with Gasteiger partial charge in [0.1, 0.15) is 0 Å². The highest BCUT2D eigenvalue weighted by Gasteiger charge is 2.35. The van der Waals surface area contributed by atoms with Crippen molar-refractivity contribution in [3.8, 4) is 36.4 Å². The fourth-order valence-electron chi connectivity index (χ4n) is 1.54. The lowest BCUT2D eigenvalue weighted by molar-refractivity contribution is 0.338. The minimum atomic E-state index is -1.04. The Labute approximate surface area is 105 Å². The summed E-state index contributed by atoms with van der Waals surface area (Å²) in [5.41, 5.74) is 0. The average Bonchev–Trinajstić information content (AvgIpc) is 2.40. The summed E-state index contributed by atoms with van der Waals surface area (Å²) in [6, 6.07) is 10.8. The molecule has 0 aliphatic rings. The Balaban J connectivity index is 5.28. The first-order chi connectivity index (χ1) is 8.69. The largest absolute Gasteiger partial charge is 0.198 e. The van der Waals surface area contributed by atoms with Crippen LogP contribution in [0, 0.1) is 91.7 Å². The van der Waals surface area contributed by atoms with Crippen molar-refractivity contribution >= 4 is 0 Å². The second-order valence-electron chi connectivity index (χ2n) is 3.51. The van der Waals surface area contributed by atoms with E-state index in [4.69, 9.17) is 31.6 Å². The van der Waals surface area contributed by atoms with Gasteiger partial charge < -0.3 is 0 Å². The third-order valence-electron chi connectivity index (χ3n) is 2.51. The van der Waals surface area contributed by atoms with Crippen LogP contribution in [-0.4, -0.2) is 0 Å². The predicted molar refractivity (Wildman–Crippen MR) is 56.9 cm³/mol. The summed E-state index contributed by atoms with van der Waals surface area (Å²) in [6.45, 7) is 0. The summed E-state index contributed by atoms with van der Waals surface area (Å²) in [4.78, 5) is 0. The Bertz CT molecular complexity index is 474. The summed E-state index contributed by atoms with van der Waals surface area (Å²) in [7, 11) is 0. The molecule has 0 saturated heterocycles. The molecular formula is C12H8N6. The molecule has 0 aromatic carbocycles. The van der Waals surface area contributed by atoms with Crippen molar-refractivity contribution in [1.82, 2.24) is 0 Å². The van der Waals surface area contributed by atoms with Crippen LogP contribution in [0.4, 0.5) is 0 Å². The minimum absolute atomic E-state index is 0.183. The van der Waals surface area contributed by atoms with Gasteiger partial charge in [0.15, 0.2) is 0 Å². The van der Waals surface area contributed by atoms with E-state index in [2.05, 4.69) is 0 Å². The molecule has 0 aromatic heterocycles. The maximum atomic E-state index is 9.01. The van der Waals surface area contributed by atoms with E-state index in [1.165, 1.54) is 0 Å². The molecule has 0 fully saturated rings. The van der Waals surface area contributed by atoms with Crippen molar-refractivity contribution in [3.63, 3.8) is 0 Å². The molecule has 0 radical (unpaired) electrons. The summed E-state index contributed by atoms with van der Waals surface area (Å²) in [5, 5.41) is 52.9. The van der Waals surface area contributed by atoms with Gasteiger partial charge in [0.25, 0.3) is 0 Å². The number of nitrogens with zero attached hydrogens (tertiary/aromatic N) is 6. The molecule has 0 spiro atoms. The second kappa shape index (κ2) is 8.13. The molecule has 4 unspecified atom stereocenters. The minimum Gasteiger partial charge on any atom is -0.198 e. The van der Waals surface area contributed by atoms with Crippen LogP contribution >= 0.6 is 0 Å². The van der Waals surface area contributed by atoms with Gasteiger partial charge in [0.2, 0.25) is 0 Å². The van der Waals surface area contributed by atoms with Crippen LogP contribution < -0.4 is 0 Å². The Morgan fingerprint density at radius 3 is 1.06 bits per heavy atom. The summed E-state index contributed by atoms with van der Waals surface area (Å²) >= 11 is 0. The molecule has 18 heavy (non-hydrogen) atoms. The quantitative estimate of drug-likeness (QED) is 0.705. The van der Waals surface area contributed by atoms with Gasteiger partial charge in [-0.3, -0.25) is 0 Å². The maximum absolute atomic E-state index is 9.01. The molecule has 6 nitrogen and oxygen atoms in total. The smallest absolute Gasteiger partial charge is 0.0802 e. The predicted octanol–water partition coefficient (Wildman–Crippen LogP) is 1.37. The molecule has 0 aliphatic heterocycles. The summed E-state index contributed by atoms with van der Waals surface area (Å²) < 4.78 is 0. The van der Waals surface area contributed by atoms with E-state index in [9.17, 15) is 0 Å². The number of hydrogen-bond acceptors (Lipinski definition) is 6. The van der Waals surface area contributed by atoms with E-state index in [-0.39, 0.29) is 12.8 Å². The molecule has 0 heterocycles. The van der Waals surface area contributed by atoms with E-state index in [1.54, 1.807) is 36.4 Å². The van der Waals surface area contributed by atoms with Gasteiger partial charge in [-0.15, -0.1) is 0 Å². The van der Waals surface area contributed by atoms with Crippen LogP contribution in [0.25, 0.3) is 0 Å². The highest BCUT2D eigenvalue weighted by molar-refractivity contribution is 5.13. The first-order valence-corrected chi connectivity index (χ1v) is 5.02. The van der Waals surface area contributed by atoms with Crippen LogP contribution in [0.15, 0.2) is 0 Å². The van der Waals surface area contributed by atoms with Crippen molar-refractivity contribution in [2.45, 2.75) is 12.8 Å². The lowest BCUT2D eigenvalue weighted by Crippen LogP contribution is -2.26. The average molecular weight is 236 g/mol. The highest BCUT2D eigenvalue weighted by atomic mass is 14.4. The monoisotopic (exact) mass is 236 g/mol. The number of rotatable bonds is 5. The molecule has 0 saturated carbocycles. The summed E-state index contributed by atoms with van der Waals surface area (Å²) in [6.07, 6.45) is -0.366. The number of nitriles is 6. The maximum Gasteiger partial charge on any atom is 0.0802 e. The van der Waals surface area contributed by atoms with Gasteiger partial charge >= 0.3 is 0 Å². The van der Waals surface area contributed by atoms with Crippen LogP contribution in [0.2, 0.25) is 0 Å². The first kappa shape index (κ1) is 14.9. The first-order valence-electron chi connectivity index (χ1n) is 5.02. The molecule has 6 heteroatoms. The molecule has 0 aliphatic carbocycles. The standard InChI is InChI=1S/C12H8N6/c13-3-1-9(5-15)11(7-17)12(8-18)10(6-16)2-4-14/h9-12H,1-2H2. The second-order valence-corrected chi connectivity index (χ2v) is 3.51. The van der Waals surface area contributed by atoms with Crippen LogP contribution in [-0.2, 0) is 0 Å². The van der Waals surface area contributed by atoms with Crippen molar-refractivity contribution in [2.24, 2.45) is 23.7 Å². The zero-order chi connectivity index (χ0) is 14.0. The molecule has 0 aromatic rings. The van der Waals surface area contributed by atoms with Gasteiger partial charge in [-0.05, 0) is 0 Å². The molecule has 0 amide bonds. The van der Waals surface area contributed by atoms with Gasteiger partial charge in [-0.25, -0.2) is 0 Å². The molecule has 0 rings (SSSR count). The Morgan fingerprint density at radius 2 is 0.889 bits per heavy atom. The lowest BCUT2D eigenvalue weighted by atomic mass is 9.75. The lowest BCUT2D eigenvalue weighted by Gasteiger charge is -2.20. The zero-order valence-electron chi connectivity index (χ0n) is 9.41. The van der Waals surface area contributed by atoms with Crippen molar-refractivity contribution < 1.29 is 0 Å². The SMILES string of the molecule is N#CCC(C#N)C(C#N)C(C#N)C(C#N)CC#N. The molecule has 4 atom stereocenters. The highest BCUT2D eigenvalue weighted by Crippen LogP contribution is 2.29. The fraction of sp³-hybridized carbons (Fsp3) is 0.500. The molecular weight excluding hydrogens is 228 g/mol. The van der Waals surface area contributed by atoms with Gasteiger partial charge in [-0.1, -0.05) is 0 Å².